The number of nitrogens with one attached hydrogen (secondary N) is 2. The van der Waals surface area contributed by atoms with E-state index >= 15 is 0 Å². The lowest BCUT2D eigenvalue weighted by molar-refractivity contribution is 0.0526. The molecule has 0 heterocycles. The number of carbonyl (C=O) groups excluding carboxylic acids is 2. The minimum Gasteiger partial charge on any atom is -0.444 e. The van der Waals surface area contributed by atoms with Crippen LogP contribution in [-0.2, 0) is 4.74 Å². The van der Waals surface area contributed by atoms with Gasteiger partial charge in [0.1, 0.15) is 5.60 Å². The Morgan fingerprint density at radius 2 is 1.48 bits per heavy atom. The first-order valence-corrected chi connectivity index (χ1v) is 8.18. The van der Waals surface area contributed by atoms with Crippen molar-refractivity contribution in [3.8, 4) is 0 Å². The van der Waals surface area contributed by atoms with Crippen molar-refractivity contribution in [2.24, 2.45) is 0 Å². The molecule has 1 aromatic carbocycles. The minimum absolute atomic E-state index is 0.0304. The van der Waals surface area contributed by atoms with Gasteiger partial charge in [-0.2, -0.15) is 0 Å². The second-order valence-electron chi connectivity index (χ2n) is 6.46. The van der Waals surface area contributed by atoms with Crippen LogP contribution >= 0.6 is 0 Å². The Hall–Kier alpha value is -2.04. The minimum atomic E-state index is -0.457. The maximum atomic E-state index is 11.8. The predicted octanol–water partition coefficient (Wildman–Crippen LogP) is 3.50. The average Bonchev–Trinajstić information content (AvgIpc) is 2.48. The summed E-state index contributed by atoms with van der Waals surface area (Å²) in [5.41, 5.74) is 0.232. The molecule has 128 valence electrons. The van der Waals surface area contributed by atoms with E-state index in [1.165, 1.54) is 0 Å². The highest BCUT2D eigenvalue weighted by Crippen LogP contribution is 2.06. The van der Waals surface area contributed by atoms with E-state index in [9.17, 15) is 9.59 Å². The first kappa shape index (κ1) is 19.0. The molecule has 0 aromatic heterocycles. The molecule has 0 atom stereocenters. The summed E-state index contributed by atoms with van der Waals surface area (Å²) >= 11 is 0. The summed E-state index contributed by atoms with van der Waals surface area (Å²) in [6.07, 6.45) is 3.51. The Kier molecular flexibility index (Phi) is 8.16. The molecule has 0 unspecified atom stereocenters. The number of hydrogen-bond donors (Lipinski definition) is 2. The maximum absolute atomic E-state index is 11.8. The van der Waals surface area contributed by atoms with Crippen LogP contribution in [0.15, 0.2) is 30.3 Å². The van der Waals surface area contributed by atoms with E-state index < -0.39 is 5.60 Å². The fourth-order valence-corrected chi connectivity index (χ4v) is 2.00. The zero-order valence-electron chi connectivity index (χ0n) is 14.4. The van der Waals surface area contributed by atoms with Gasteiger partial charge in [-0.3, -0.25) is 4.79 Å². The molecule has 0 saturated carbocycles. The number of hydrogen-bond acceptors (Lipinski definition) is 3. The summed E-state index contributed by atoms with van der Waals surface area (Å²) < 4.78 is 5.15. The standard InChI is InChI=1S/C18H28N2O3/c1-18(2,3)23-17(22)20-14-10-5-4-9-13-19-16(21)15-11-7-6-8-12-15/h6-8,11-12H,4-5,9-10,13-14H2,1-3H3,(H,19,21)(H,20,22). The highest BCUT2D eigenvalue weighted by Gasteiger charge is 2.15. The zero-order chi connectivity index (χ0) is 17.1. The first-order valence-electron chi connectivity index (χ1n) is 8.18. The van der Waals surface area contributed by atoms with Gasteiger partial charge in [-0.25, -0.2) is 4.79 Å². The summed E-state index contributed by atoms with van der Waals surface area (Å²) in [5.74, 6) is -0.0304. The molecule has 0 spiro atoms. The highest BCUT2D eigenvalue weighted by atomic mass is 16.6. The van der Waals surface area contributed by atoms with Crippen LogP contribution in [0.5, 0.6) is 0 Å². The van der Waals surface area contributed by atoms with Crippen LogP contribution in [0.25, 0.3) is 0 Å². The van der Waals surface area contributed by atoms with Gasteiger partial charge in [0.15, 0.2) is 0 Å². The van der Waals surface area contributed by atoms with Gasteiger partial charge in [0.2, 0.25) is 0 Å². The van der Waals surface area contributed by atoms with E-state index in [1.807, 2.05) is 39.0 Å². The quantitative estimate of drug-likeness (QED) is 0.720. The topological polar surface area (TPSA) is 67.4 Å². The van der Waals surface area contributed by atoms with E-state index in [1.54, 1.807) is 12.1 Å². The van der Waals surface area contributed by atoms with Crippen LogP contribution in [0, 0.1) is 0 Å². The van der Waals surface area contributed by atoms with E-state index in [4.69, 9.17) is 4.74 Å². The van der Waals surface area contributed by atoms with Crippen molar-refractivity contribution in [3.63, 3.8) is 0 Å². The fourth-order valence-electron chi connectivity index (χ4n) is 2.00. The molecule has 1 rings (SSSR count). The van der Waals surface area contributed by atoms with E-state index in [0.29, 0.717) is 18.7 Å². The summed E-state index contributed by atoms with van der Waals surface area (Å²) in [6, 6.07) is 9.20. The van der Waals surface area contributed by atoms with Crippen LogP contribution in [0.1, 0.15) is 56.8 Å². The van der Waals surface area contributed by atoms with Crippen molar-refractivity contribution in [1.29, 1.82) is 0 Å². The van der Waals surface area contributed by atoms with Crippen molar-refractivity contribution in [2.45, 2.75) is 52.1 Å². The van der Waals surface area contributed by atoms with Crippen LogP contribution < -0.4 is 10.6 Å². The second kappa shape index (κ2) is 9.87. The lowest BCUT2D eigenvalue weighted by Crippen LogP contribution is -2.33. The Balaban J connectivity index is 1.98. The third-order valence-corrected chi connectivity index (χ3v) is 3.09. The molecule has 2 amide bonds. The van der Waals surface area contributed by atoms with E-state index in [2.05, 4.69) is 10.6 Å². The van der Waals surface area contributed by atoms with Gasteiger partial charge in [-0.15, -0.1) is 0 Å². The number of ether oxygens (including phenoxy) is 1. The normalized spacial score (nSPS) is 10.9. The van der Waals surface area contributed by atoms with Crippen molar-refractivity contribution in [1.82, 2.24) is 10.6 Å². The van der Waals surface area contributed by atoms with Crippen molar-refractivity contribution < 1.29 is 14.3 Å². The Morgan fingerprint density at radius 1 is 0.913 bits per heavy atom. The molecule has 0 bridgehead atoms. The molecular formula is C18H28N2O3. The van der Waals surface area contributed by atoms with Gasteiger partial charge in [0, 0.05) is 18.7 Å². The molecule has 2 N–H and O–H groups in total. The van der Waals surface area contributed by atoms with Gasteiger partial charge >= 0.3 is 6.09 Å². The number of unbranched alkanes of at least 4 members (excludes halogenated alkanes) is 3. The molecule has 5 nitrogen and oxygen atoms in total. The average molecular weight is 320 g/mol. The summed E-state index contributed by atoms with van der Waals surface area (Å²) in [4.78, 5) is 23.2. The Morgan fingerprint density at radius 3 is 2.04 bits per heavy atom. The molecule has 0 fully saturated rings. The van der Waals surface area contributed by atoms with Gasteiger partial charge in [-0.05, 0) is 45.7 Å². The molecule has 23 heavy (non-hydrogen) atoms. The van der Waals surface area contributed by atoms with Crippen molar-refractivity contribution in [2.75, 3.05) is 13.1 Å². The molecule has 0 saturated heterocycles. The fraction of sp³-hybridized carbons (Fsp3) is 0.556. The maximum Gasteiger partial charge on any atom is 0.407 e. The molecule has 1 aromatic rings. The molecule has 0 radical (unpaired) electrons. The summed E-state index contributed by atoms with van der Waals surface area (Å²) in [6.45, 7) is 6.82. The molecule has 0 aliphatic rings. The number of rotatable bonds is 8. The van der Waals surface area contributed by atoms with Crippen LogP contribution in [0.2, 0.25) is 0 Å². The summed E-state index contributed by atoms with van der Waals surface area (Å²) in [5, 5.41) is 5.64. The van der Waals surface area contributed by atoms with Crippen LogP contribution in [0.4, 0.5) is 4.79 Å². The lowest BCUT2D eigenvalue weighted by atomic mass is 10.2. The Bertz CT molecular complexity index is 481. The van der Waals surface area contributed by atoms with Crippen LogP contribution in [-0.4, -0.2) is 30.7 Å². The SMILES string of the molecule is CC(C)(C)OC(=O)NCCCCCCNC(=O)c1ccccc1. The van der Waals surface area contributed by atoms with Gasteiger partial charge in [0.05, 0.1) is 0 Å². The van der Waals surface area contributed by atoms with Crippen molar-refractivity contribution in [3.05, 3.63) is 35.9 Å². The number of amides is 2. The number of carbonyl (C=O) groups is 2. The number of benzene rings is 1. The van der Waals surface area contributed by atoms with Crippen molar-refractivity contribution >= 4 is 12.0 Å². The van der Waals surface area contributed by atoms with Gasteiger partial charge in [-0.1, -0.05) is 31.0 Å². The monoisotopic (exact) mass is 320 g/mol. The second-order valence-corrected chi connectivity index (χ2v) is 6.46. The van der Waals surface area contributed by atoms with E-state index in [-0.39, 0.29) is 12.0 Å². The van der Waals surface area contributed by atoms with E-state index in [0.717, 1.165) is 25.7 Å². The largest absolute Gasteiger partial charge is 0.444 e. The Labute approximate surface area is 138 Å². The summed E-state index contributed by atoms with van der Waals surface area (Å²) in [7, 11) is 0. The number of alkyl carbamates (subject to hydrolysis) is 1. The van der Waals surface area contributed by atoms with Gasteiger partial charge < -0.3 is 15.4 Å². The molecule has 0 aliphatic carbocycles. The zero-order valence-corrected chi connectivity index (χ0v) is 14.4. The molecule has 0 aliphatic heterocycles. The third kappa shape index (κ3) is 9.55. The van der Waals surface area contributed by atoms with Gasteiger partial charge in [0.25, 0.3) is 5.91 Å². The third-order valence-electron chi connectivity index (χ3n) is 3.09. The predicted molar refractivity (Wildman–Crippen MR) is 91.5 cm³/mol. The smallest absolute Gasteiger partial charge is 0.407 e. The first-order chi connectivity index (χ1) is 10.9. The molecule has 5 heteroatoms. The van der Waals surface area contributed by atoms with Crippen LogP contribution in [0.3, 0.4) is 0 Å². The highest BCUT2D eigenvalue weighted by molar-refractivity contribution is 5.94. The lowest BCUT2D eigenvalue weighted by Gasteiger charge is -2.19. The molecular weight excluding hydrogens is 292 g/mol.